The van der Waals surface area contributed by atoms with Crippen LogP contribution >= 0.6 is 0 Å². The van der Waals surface area contributed by atoms with Crippen LogP contribution in [-0.4, -0.2) is 23.0 Å². The SMILES string of the molecule is CC(C)c1cnc(S(=O)(=O)Cc2ccccn2)n1C(C)C. The summed E-state index contributed by atoms with van der Waals surface area (Å²) in [6.07, 6.45) is 3.26. The summed E-state index contributed by atoms with van der Waals surface area (Å²) in [5, 5.41) is 0.131. The maximum Gasteiger partial charge on any atom is 0.228 e. The number of rotatable bonds is 5. The van der Waals surface area contributed by atoms with Gasteiger partial charge in [-0.1, -0.05) is 19.9 Å². The highest BCUT2D eigenvalue weighted by Gasteiger charge is 2.26. The Morgan fingerprint density at radius 1 is 1.14 bits per heavy atom. The summed E-state index contributed by atoms with van der Waals surface area (Å²) in [6.45, 7) is 8.00. The van der Waals surface area contributed by atoms with Gasteiger partial charge >= 0.3 is 0 Å². The van der Waals surface area contributed by atoms with Crippen molar-refractivity contribution in [3.8, 4) is 0 Å². The van der Waals surface area contributed by atoms with Crippen LogP contribution in [0.5, 0.6) is 0 Å². The molecule has 2 aromatic heterocycles. The van der Waals surface area contributed by atoms with Crippen LogP contribution in [0.2, 0.25) is 0 Å². The first-order valence-corrected chi connectivity index (χ1v) is 8.68. The van der Waals surface area contributed by atoms with Crippen LogP contribution in [0.4, 0.5) is 0 Å². The van der Waals surface area contributed by atoms with Gasteiger partial charge in [0.2, 0.25) is 15.0 Å². The Morgan fingerprint density at radius 2 is 1.86 bits per heavy atom. The van der Waals surface area contributed by atoms with Gasteiger partial charge in [-0.2, -0.15) is 0 Å². The number of hydrogen-bond acceptors (Lipinski definition) is 4. The molecule has 0 saturated heterocycles. The van der Waals surface area contributed by atoms with Crippen LogP contribution in [-0.2, 0) is 15.6 Å². The number of sulfone groups is 1. The van der Waals surface area contributed by atoms with Crippen molar-refractivity contribution in [2.45, 2.75) is 50.6 Å². The standard InChI is InChI=1S/C15H21N3O2S/c1-11(2)14-9-17-15(18(14)12(3)4)21(19,20)10-13-7-5-6-8-16-13/h5-9,11-12H,10H2,1-4H3. The molecule has 2 aromatic rings. The molecular weight excluding hydrogens is 286 g/mol. The van der Waals surface area contributed by atoms with Crippen molar-refractivity contribution in [3.63, 3.8) is 0 Å². The molecule has 114 valence electrons. The summed E-state index contributed by atoms with van der Waals surface area (Å²) in [7, 11) is -3.51. The average Bonchev–Trinajstić information content (AvgIpc) is 2.85. The molecule has 0 spiro atoms. The van der Waals surface area contributed by atoms with Crippen molar-refractivity contribution in [2.24, 2.45) is 0 Å². The van der Waals surface area contributed by atoms with Crippen LogP contribution in [0.3, 0.4) is 0 Å². The highest BCUT2D eigenvalue weighted by Crippen LogP contribution is 2.25. The Balaban J connectivity index is 2.46. The Labute approximate surface area is 126 Å². The third kappa shape index (κ3) is 3.32. The first-order chi connectivity index (χ1) is 9.83. The largest absolute Gasteiger partial charge is 0.316 e. The van der Waals surface area contributed by atoms with Crippen molar-refractivity contribution >= 4 is 9.84 Å². The van der Waals surface area contributed by atoms with E-state index in [-0.39, 0.29) is 22.9 Å². The fourth-order valence-electron chi connectivity index (χ4n) is 2.28. The molecule has 6 heteroatoms. The van der Waals surface area contributed by atoms with Crippen LogP contribution in [0.25, 0.3) is 0 Å². The highest BCUT2D eigenvalue weighted by molar-refractivity contribution is 7.90. The maximum absolute atomic E-state index is 12.6. The number of aromatic nitrogens is 3. The molecule has 0 bridgehead atoms. The normalized spacial score (nSPS) is 12.3. The number of pyridine rings is 1. The third-order valence-corrected chi connectivity index (χ3v) is 4.78. The van der Waals surface area contributed by atoms with Crippen LogP contribution in [0.15, 0.2) is 35.7 Å². The number of nitrogens with zero attached hydrogens (tertiary/aromatic N) is 3. The summed E-state index contributed by atoms with van der Waals surface area (Å²) < 4.78 is 27.1. The van der Waals surface area contributed by atoms with E-state index in [1.165, 1.54) is 0 Å². The van der Waals surface area contributed by atoms with Gasteiger partial charge in [0, 0.05) is 24.1 Å². The summed E-state index contributed by atoms with van der Waals surface area (Å²) >= 11 is 0. The van der Waals surface area contributed by atoms with Crippen LogP contribution in [0, 0.1) is 0 Å². The lowest BCUT2D eigenvalue weighted by Crippen LogP contribution is -2.17. The quantitative estimate of drug-likeness (QED) is 0.852. The first kappa shape index (κ1) is 15.7. The molecule has 2 heterocycles. The Bertz CT molecular complexity index is 704. The van der Waals surface area contributed by atoms with Crippen molar-refractivity contribution in [1.29, 1.82) is 0 Å². The molecule has 0 amide bonds. The van der Waals surface area contributed by atoms with Crippen molar-refractivity contribution in [1.82, 2.24) is 14.5 Å². The zero-order valence-electron chi connectivity index (χ0n) is 12.8. The highest BCUT2D eigenvalue weighted by atomic mass is 32.2. The second-order valence-electron chi connectivity index (χ2n) is 5.66. The third-order valence-electron chi connectivity index (χ3n) is 3.24. The smallest absolute Gasteiger partial charge is 0.228 e. The van der Waals surface area contributed by atoms with E-state index < -0.39 is 9.84 Å². The van der Waals surface area contributed by atoms with E-state index in [0.29, 0.717) is 5.69 Å². The molecule has 0 unspecified atom stereocenters. The molecular formula is C15H21N3O2S. The molecule has 0 N–H and O–H groups in total. The minimum atomic E-state index is -3.51. The number of hydrogen-bond donors (Lipinski definition) is 0. The lowest BCUT2D eigenvalue weighted by atomic mass is 10.1. The number of imidazole rings is 1. The van der Waals surface area contributed by atoms with Crippen molar-refractivity contribution in [2.75, 3.05) is 0 Å². The summed E-state index contributed by atoms with van der Waals surface area (Å²) in [5.41, 5.74) is 1.46. The van der Waals surface area contributed by atoms with E-state index in [9.17, 15) is 8.42 Å². The second kappa shape index (κ2) is 5.97. The van der Waals surface area contributed by atoms with Gasteiger partial charge in [0.15, 0.2) is 0 Å². The second-order valence-corrected chi connectivity index (χ2v) is 7.55. The van der Waals surface area contributed by atoms with Crippen molar-refractivity contribution < 1.29 is 8.42 Å². The molecule has 0 atom stereocenters. The van der Waals surface area contributed by atoms with E-state index in [2.05, 4.69) is 9.97 Å². The fraction of sp³-hybridized carbons (Fsp3) is 0.467. The van der Waals surface area contributed by atoms with Crippen molar-refractivity contribution in [3.05, 3.63) is 42.0 Å². The maximum atomic E-state index is 12.6. The zero-order valence-corrected chi connectivity index (χ0v) is 13.6. The molecule has 0 aliphatic heterocycles. The predicted molar refractivity (Wildman–Crippen MR) is 81.8 cm³/mol. The Hall–Kier alpha value is -1.69. The van der Waals surface area contributed by atoms with Gasteiger partial charge in [-0.05, 0) is 31.9 Å². The van der Waals surface area contributed by atoms with Gasteiger partial charge in [0.05, 0.1) is 5.69 Å². The zero-order chi connectivity index (χ0) is 15.6. The van der Waals surface area contributed by atoms with E-state index in [1.54, 1.807) is 30.6 Å². The monoisotopic (exact) mass is 307 g/mol. The minimum absolute atomic E-state index is 0.0402. The molecule has 2 rings (SSSR count). The minimum Gasteiger partial charge on any atom is -0.316 e. The summed E-state index contributed by atoms with van der Waals surface area (Å²) in [4.78, 5) is 8.26. The molecule has 5 nitrogen and oxygen atoms in total. The lowest BCUT2D eigenvalue weighted by Gasteiger charge is -2.17. The molecule has 21 heavy (non-hydrogen) atoms. The Kier molecular flexibility index (Phi) is 4.46. The molecule has 0 radical (unpaired) electrons. The average molecular weight is 307 g/mol. The van der Waals surface area contributed by atoms with Gasteiger partial charge in [-0.25, -0.2) is 13.4 Å². The molecule has 0 aliphatic carbocycles. The van der Waals surface area contributed by atoms with Gasteiger partial charge in [0.1, 0.15) is 5.75 Å². The summed E-state index contributed by atoms with van der Waals surface area (Å²) in [6, 6.07) is 5.30. The van der Waals surface area contributed by atoms with Gasteiger partial charge < -0.3 is 4.57 Å². The summed E-state index contributed by atoms with van der Waals surface area (Å²) in [5.74, 6) is 0.0912. The Morgan fingerprint density at radius 3 is 2.38 bits per heavy atom. The van der Waals surface area contributed by atoms with Crippen LogP contribution < -0.4 is 0 Å². The molecule has 0 fully saturated rings. The predicted octanol–water partition coefficient (Wildman–Crippen LogP) is 2.96. The van der Waals surface area contributed by atoms with E-state index in [1.807, 2.05) is 32.3 Å². The van der Waals surface area contributed by atoms with Crippen LogP contribution in [0.1, 0.15) is 51.0 Å². The molecule has 0 saturated carbocycles. The van der Waals surface area contributed by atoms with E-state index >= 15 is 0 Å². The lowest BCUT2D eigenvalue weighted by molar-refractivity contribution is 0.495. The van der Waals surface area contributed by atoms with E-state index in [4.69, 9.17) is 0 Å². The van der Waals surface area contributed by atoms with E-state index in [0.717, 1.165) is 5.69 Å². The van der Waals surface area contributed by atoms with Gasteiger partial charge in [-0.3, -0.25) is 4.98 Å². The topological polar surface area (TPSA) is 64.8 Å². The first-order valence-electron chi connectivity index (χ1n) is 7.02. The fourth-order valence-corrected chi connectivity index (χ4v) is 3.79. The molecule has 0 aromatic carbocycles. The van der Waals surface area contributed by atoms with Gasteiger partial charge in [-0.15, -0.1) is 0 Å². The molecule has 0 aliphatic rings. The van der Waals surface area contributed by atoms with Gasteiger partial charge in [0.25, 0.3) is 0 Å².